The smallest absolute Gasteiger partial charge is 0.328 e. The second kappa shape index (κ2) is 8.49. The number of nitrogens with one attached hydrogen (secondary N) is 2. The molecule has 0 spiro atoms. The summed E-state index contributed by atoms with van der Waals surface area (Å²) in [6, 6.07) is -3.07. The van der Waals surface area contributed by atoms with E-state index in [2.05, 4.69) is 10.6 Å². The van der Waals surface area contributed by atoms with E-state index in [1.54, 1.807) is 6.92 Å². The van der Waals surface area contributed by atoms with Gasteiger partial charge in [-0.3, -0.25) is 9.59 Å². The van der Waals surface area contributed by atoms with Crippen molar-refractivity contribution in [1.82, 2.24) is 10.6 Å². The van der Waals surface area contributed by atoms with Gasteiger partial charge in [0.05, 0.1) is 12.6 Å². The van der Waals surface area contributed by atoms with Crippen LogP contribution in [0.4, 0.5) is 0 Å². The van der Waals surface area contributed by atoms with E-state index in [9.17, 15) is 14.4 Å². The highest BCUT2D eigenvalue weighted by molar-refractivity contribution is 5.91. The van der Waals surface area contributed by atoms with Crippen LogP contribution < -0.4 is 16.4 Å². The number of hydrogen-bond acceptors (Lipinski definition) is 5. The summed E-state index contributed by atoms with van der Waals surface area (Å²) in [5.74, 6) is -2.70. The fourth-order valence-corrected chi connectivity index (χ4v) is 1.43. The number of aliphatic carboxylic acids is 1. The monoisotopic (exact) mass is 289 g/mol. The van der Waals surface area contributed by atoms with Crippen molar-refractivity contribution in [3.63, 3.8) is 0 Å². The van der Waals surface area contributed by atoms with E-state index in [4.69, 9.17) is 15.9 Å². The molecule has 0 saturated carbocycles. The molecule has 4 atom stereocenters. The fraction of sp³-hybridized carbons (Fsp3) is 0.750. The Hall–Kier alpha value is -1.67. The molecular weight excluding hydrogens is 266 g/mol. The van der Waals surface area contributed by atoms with E-state index < -0.39 is 42.5 Å². The topological polar surface area (TPSA) is 142 Å². The molecule has 0 aromatic carbocycles. The minimum atomic E-state index is -1.40. The summed E-state index contributed by atoms with van der Waals surface area (Å²) in [7, 11) is 0. The molecule has 0 aromatic heterocycles. The van der Waals surface area contributed by atoms with Crippen molar-refractivity contribution in [2.24, 2.45) is 11.7 Å². The van der Waals surface area contributed by atoms with Crippen molar-refractivity contribution in [2.45, 2.75) is 45.3 Å². The highest BCUT2D eigenvalue weighted by Crippen LogP contribution is 2.08. The number of carboxylic acid groups (broad SMARTS) is 1. The molecule has 8 nitrogen and oxygen atoms in total. The Morgan fingerprint density at radius 1 is 1.15 bits per heavy atom. The Morgan fingerprint density at radius 2 is 1.70 bits per heavy atom. The van der Waals surface area contributed by atoms with Crippen LogP contribution in [-0.2, 0) is 14.4 Å². The first-order valence-electron chi connectivity index (χ1n) is 6.44. The maximum Gasteiger partial charge on any atom is 0.328 e. The minimum absolute atomic E-state index is 0.203. The van der Waals surface area contributed by atoms with Crippen LogP contribution in [0, 0.1) is 5.92 Å². The first-order valence-corrected chi connectivity index (χ1v) is 6.44. The van der Waals surface area contributed by atoms with Crippen LogP contribution in [0.3, 0.4) is 0 Å². The summed E-state index contributed by atoms with van der Waals surface area (Å²) < 4.78 is 0. The molecule has 0 aliphatic carbocycles. The van der Waals surface area contributed by atoms with Crippen molar-refractivity contribution in [3.05, 3.63) is 0 Å². The number of nitrogens with two attached hydrogens (primary N) is 1. The summed E-state index contributed by atoms with van der Waals surface area (Å²) in [4.78, 5) is 34.4. The van der Waals surface area contributed by atoms with E-state index in [1.165, 1.54) is 6.92 Å². The predicted molar refractivity (Wildman–Crippen MR) is 71.7 cm³/mol. The summed E-state index contributed by atoms with van der Waals surface area (Å²) in [6.07, 6.45) is 0.605. The van der Waals surface area contributed by atoms with Gasteiger partial charge in [0.2, 0.25) is 11.8 Å². The number of aliphatic hydroxyl groups excluding tert-OH is 1. The van der Waals surface area contributed by atoms with Gasteiger partial charge in [-0.2, -0.15) is 0 Å². The summed E-state index contributed by atoms with van der Waals surface area (Å²) >= 11 is 0. The number of carboxylic acids is 1. The van der Waals surface area contributed by atoms with Gasteiger partial charge in [0.15, 0.2) is 0 Å². The average molecular weight is 289 g/mol. The SMILES string of the molecule is CC[C@H](C)[C@H](NC(=O)[C@H](C)N)C(=O)N[C@@H](CO)C(=O)O. The Bertz CT molecular complexity index is 359. The number of aliphatic hydroxyl groups is 1. The van der Waals surface area contributed by atoms with Crippen LogP contribution in [0.2, 0.25) is 0 Å². The van der Waals surface area contributed by atoms with Crippen LogP contribution in [0.25, 0.3) is 0 Å². The number of amides is 2. The predicted octanol–water partition coefficient (Wildman–Crippen LogP) is -1.57. The zero-order valence-corrected chi connectivity index (χ0v) is 11.9. The van der Waals surface area contributed by atoms with Gasteiger partial charge >= 0.3 is 5.97 Å². The lowest BCUT2D eigenvalue weighted by atomic mass is 9.97. The molecule has 0 fully saturated rings. The molecule has 0 aliphatic rings. The lowest BCUT2D eigenvalue weighted by molar-refractivity contribution is -0.143. The molecule has 0 aromatic rings. The fourth-order valence-electron chi connectivity index (χ4n) is 1.43. The molecule has 0 saturated heterocycles. The molecule has 0 rings (SSSR count). The number of rotatable bonds is 8. The van der Waals surface area contributed by atoms with Gasteiger partial charge in [-0.15, -0.1) is 0 Å². The summed E-state index contributed by atoms with van der Waals surface area (Å²) in [5.41, 5.74) is 5.42. The van der Waals surface area contributed by atoms with Gasteiger partial charge in [-0.1, -0.05) is 20.3 Å². The first-order chi connectivity index (χ1) is 9.24. The lowest BCUT2D eigenvalue weighted by Crippen LogP contribution is -2.56. The van der Waals surface area contributed by atoms with Gasteiger partial charge in [0, 0.05) is 0 Å². The van der Waals surface area contributed by atoms with E-state index in [-0.39, 0.29) is 5.92 Å². The van der Waals surface area contributed by atoms with E-state index in [0.717, 1.165) is 0 Å². The van der Waals surface area contributed by atoms with Crippen LogP contribution in [0.15, 0.2) is 0 Å². The standard InChI is InChI=1S/C12H23N3O5/c1-4-6(2)9(15-10(17)7(3)13)11(18)14-8(5-16)12(19)20/h6-9,16H,4-5,13H2,1-3H3,(H,14,18)(H,15,17)(H,19,20)/t6-,7-,8-,9-/m0/s1. The second-order valence-electron chi connectivity index (χ2n) is 4.74. The maximum atomic E-state index is 12.0. The quantitative estimate of drug-likeness (QED) is 0.365. The third-order valence-electron chi connectivity index (χ3n) is 3.00. The van der Waals surface area contributed by atoms with Gasteiger partial charge in [0.25, 0.3) is 0 Å². The highest BCUT2D eigenvalue weighted by atomic mass is 16.4. The third-order valence-corrected chi connectivity index (χ3v) is 3.00. The van der Waals surface area contributed by atoms with Crippen molar-refractivity contribution < 1.29 is 24.6 Å². The van der Waals surface area contributed by atoms with E-state index in [1.807, 2.05) is 6.92 Å². The Balaban J connectivity index is 4.90. The Labute approximate surface area is 117 Å². The molecular formula is C12H23N3O5. The zero-order chi connectivity index (χ0) is 15.9. The zero-order valence-electron chi connectivity index (χ0n) is 11.9. The largest absolute Gasteiger partial charge is 0.480 e. The van der Waals surface area contributed by atoms with Crippen molar-refractivity contribution in [2.75, 3.05) is 6.61 Å². The molecule has 20 heavy (non-hydrogen) atoms. The van der Waals surface area contributed by atoms with Gasteiger partial charge < -0.3 is 26.6 Å². The average Bonchev–Trinajstić information content (AvgIpc) is 2.39. The van der Waals surface area contributed by atoms with Crippen LogP contribution in [-0.4, -0.2) is 52.7 Å². The molecule has 0 radical (unpaired) electrons. The van der Waals surface area contributed by atoms with E-state index >= 15 is 0 Å². The van der Waals surface area contributed by atoms with Crippen LogP contribution >= 0.6 is 0 Å². The maximum absolute atomic E-state index is 12.0. The molecule has 6 N–H and O–H groups in total. The number of carbonyl (C=O) groups excluding carboxylic acids is 2. The molecule has 8 heteroatoms. The van der Waals surface area contributed by atoms with Gasteiger partial charge in [0.1, 0.15) is 12.1 Å². The third kappa shape index (κ3) is 5.54. The lowest BCUT2D eigenvalue weighted by Gasteiger charge is -2.25. The van der Waals surface area contributed by atoms with Crippen molar-refractivity contribution in [1.29, 1.82) is 0 Å². The van der Waals surface area contributed by atoms with Crippen LogP contribution in [0.1, 0.15) is 27.2 Å². The normalized spacial score (nSPS) is 16.6. The second-order valence-corrected chi connectivity index (χ2v) is 4.74. The van der Waals surface area contributed by atoms with Crippen LogP contribution in [0.5, 0.6) is 0 Å². The molecule has 0 bridgehead atoms. The molecule has 0 aliphatic heterocycles. The molecule has 0 heterocycles. The van der Waals surface area contributed by atoms with E-state index in [0.29, 0.717) is 6.42 Å². The number of hydrogen-bond donors (Lipinski definition) is 5. The summed E-state index contributed by atoms with van der Waals surface area (Å²) in [6.45, 7) is 4.34. The van der Waals surface area contributed by atoms with Gasteiger partial charge in [-0.25, -0.2) is 4.79 Å². The first kappa shape index (κ1) is 18.3. The van der Waals surface area contributed by atoms with Crippen molar-refractivity contribution >= 4 is 17.8 Å². The summed E-state index contributed by atoms with van der Waals surface area (Å²) in [5, 5.41) is 22.3. The minimum Gasteiger partial charge on any atom is -0.480 e. The molecule has 116 valence electrons. The van der Waals surface area contributed by atoms with Gasteiger partial charge in [-0.05, 0) is 12.8 Å². The molecule has 2 amide bonds. The highest BCUT2D eigenvalue weighted by Gasteiger charge is 2.29. The number of carbonyl (C=O) groups is 3. The Kier molecular flexibility index (Phi) is 7.78. The Morgan fingerprint density at radius 3 is 2.05 bits per heavy atom. The van der Waals surface area contributed by atoms with Crippen molar-refractivity contribution in [3.8, 4) is 0 Å². The molecule has 0 unspecified atom stereocenters.